The van der Waals surface area contributed by atoms with E-state index >= 15 is 0 Å². The fraction of sp³-hybridized carbons (Fsp3) is 0.417. The van der Waals surface area contributed by atoms with E-state index in [1.165, 1.54) is 6.07 Å². The number of rotatable bonds is 2. The van der Waals surface area contributed by atoms with Crippen LogP contribution in [0.15, 0.2) is 10.5 Å². The Hall–Kier alpha value is -1.14. The number of phenols is 1. The van der Waals surface area contributed by atoms with Crippen molar-refractivity contribution in [2.24, 2.45) is 5.92 Å². The van der Waals surface area contributed by atoms with Crippen molar-refractivity contribution in [3.05, 3.63) is 27.5 Å². The molecule has 0 saturated carbocycles. The number of halogens is 2. The van der Waals surface area contributed by atoms with E-state index in [9.17, 15) is 14.3 Å². The lowest BCUT2D eigenvalue weighted by atomic mass is 9.95. The predicted octanol–water partition coefficient (Wildman–Crippen LogP) is 2.34. The van der Waals surface area contributed by atoms with Crippen molar-refractivity contribution in [3.8, 4) is 5.75 Å². The van der Waals surface area contributed by atoms with Gasteiger partial charge in [0.05, 0.1) is 5.92 Å². The van der Waals surface area contributed by atoms with Crippen molar-refractivity contribution in [2.45, 2.75) is 19.4 Å². The molecular weight excluding hydrogens is 305 g/mol. The molecule has 2 atom stereocenters. The number of benzene rings is 1. The van der Waals surface area contributed by atoms with Crippen LogP contribution in [0.25, 0.3) is 0 Å². The van der Waals surface area contributed by atoms with Gasteiger partial charge in [-0.15, -0.1) is 0 Å². The SMILES string of the molecule is Cc1c(Br)cc(F)c(O)c1C1CC(C(=O)O)CN1. The first-order valence-corrected chi connectivity index (χ1v) is 6.34. The summed E-state index contributed by atoms with van der Waals surface area (Å²) in [5.74, 6) is -2.49. The summed E-state index contributed by atoms with van der Waals surface area (Å²) in [7, 11) is 0. The van der Waals surface area contributed by atoms with Crippen LogP contribution in [-0.2, 0) is 4.79 Å². The molecule has 6 heteroatoms. The summed E-state index contributed by atoms with van der Waals surface area (Å²) in [5.41, 5.74) is 1.16. The third-order valence-corrected chi connectivity index (χ3v) is 4.15. The van der Waals surface area contributed by atoms with Crippen molar-refractivity contribution >= 4 is 21.9 Å². The van der Waals surface area contributed by atoms with Gasteiger partial charge in [0.25, 0.3) is 0 Å². The minimum absolute atomic E-state index is 0.326. The first-order valence-electron chi connectivity index (χ1n) is 5.55. The number of carboxylic acids is 1. The molecular formula is C12H13BrFNO3. The van der Waals surface area contributed by atoms with E-state index in [1.54, 1.807) is 6.92 Å². The molecule has 3 N–H and O–H groups in total. The molecule has 1 aromatic carbocycles. The molecule has 1 saturated heterocycles. The van der Waals surface area contributed by atoms with E-state index in [0.29, 0.717) is 23.0 Å². The van der Waals surface area contributed by atoms with Crippen molar-refractivity contribution in [3.63, 3.8) is 0 Å². The molecule has 1 aliphatic heterocycles. The Morgan fingerprint density at radius 2 is 2.28 bits per heavy atom. The summed E-state index contributed by atoms with van der Waals surface area (Å²) in [6, 6.07) is 0.871. The molecule has 0 spiro atoms. The Morgan fingerprint density at radius 3 is 2.83 bits per heavy atom. The van der Waals surface area contributed by atoms with Gasteiger partial charge >= 0.3 is 5.97 Å². The monoisotopic (exact) mass is 317 g/mol. The van der Waals surface area contributed by atoms with Gasteiger partial charge in [-0.25, -0.2) is 4.39 Å². The number of carbonyl (C=O) groups is 1. The molecule has 0 radical (unpaired) electrons. The number of carboxylic acid groups (broad SMARTS) is 1. The normalized spacial score (nSPS) is 23.3. The van der Waals surface area contributed by atoms with Crippen LogP contribution < -0.4 is 5.32 Å². The molecule has 2 unspecified atom stereocenters. The fourth-order valence-electron chi connectivity index (χ4n) is 2.29. The zero-order valence-corrected chi connectivity index (χ0v) is 11.3. The second-order valence-electron chi connectivity index (χ2n) is 4.46. The maximum Gasteiger partial charge on any atom is 0.307 e. The van der Waals surface area contributed by atoms with Crippen molar-refractivity contribution in [1.29, 1.82) is 0 Å². The van der Waals surface area contributed by atoms with Crippen LogP contribution in [-0.4, -0.2) is 22.7 Å². The van der Waals surface area contributed by atoms with Gasteiger partial charge in [-0.1, -0.05) is 15.9 Å². The molecule has 4 nitrogen and oxygen atoms in total. The van der Waals surface area contributed by atoms with Gasteiger partial charge in [-0.3, -0.25) is 4.79 Å². The highest BCUT2D eigenvalue weighted by molar-refractivity contribution is 9.10. The molecule has 0 bridgehead atoms. The van der Waals surface area contributed by atoms with E-state index in [1.807, 2.05) is 0 Å². The largest absolute Gasteiger partial charge is 0.505 e. The summed E-state index contributed by atoms with van der Waals surface area (Å²) in [4.78, 5) is 10.9. The van der Waals surface area contributed by atoms with Crippen LogP contribution in [0.4, 0.5) is 4.39 Å². The maximum absolute atomic E-state index is 13.5. The standard InChI is InChI=1S/C12H13BrFNO3/c1-5-7(13)3-8(14)11(16)10(5)9-2-6(4-15-9)12(17)18/h3,6,9,15-16H,2,4H2,1H3,(H,17,18). The van der Waals surface area contributed by atoms with Crippen LogP contribution in [0.1, 0.15) is 23.6 Å². The second-order valence-corrected chi connectivity index (χ2v) is 5.31. The molecule has 1 aliphatic rings. The van der Waals surface area contributed by atoms with Crippen molar-refractivity contribution < 1.29 is 19.4 Å². The Kier molecular flexibility index (Phi) is 3.59. The summed E-state index contributed by atoms with van der Waals surface area (Å²) in [6.45, 7) is 2.08. The third-order valence-electron chi connectivity index (χ3n) is 3.33. The van der Waals surface area contributed by atoms with Gasteiger partial charge in [-0.2, -0.15) is 0 Å². The quantitative estimate of drug-likeness (QED) is 0.783. The van der Waals surface area contributed by atoms with E-state index in [-0.39, 0.29) is 6.04 Å². The lowest BCUT2D eigenvalue weighted by molar-refractivity contribution is -0.141. The Bertz CT molecular complexity index is 480. The summed E-state index contributed by atoms with van der Waals surface area (Å²) in [6.07, 6.45) is 0.347. The number of hydrogen-bond acceptors (Lipinski definition) is 3. The van der Waals surface area contributed by atoms with Gasteiger partial charge in [0, 0.05) is 22.6 Å². The average Bonchev–Trinajstić information content (AvgIpc) is 2.76. The molecule has 0 amide bonds. The van der Waals surface area contributed by atoms with Crippen LogP contribution in [0.5, 0.6) is 5.75 Å². The highest BCUT2D eigenvalue weighted by Gasteiger charge is 2.33. The Balaban J connectivity index is 2.38. The van der Waals surface area contributed by atoms with Crippen LogP contribution in [0.3, 0.4) is 0 Å². The number of nitrogens with one attached hydrogen (secondary N) is 1. The molecule has 2 rings (SSSR count). The van der Waals surface area contributed by atoms with Crippen molar-refractivity contribution in [2.75, 3.05) is 6.54 Å². The fourth-order valence-corrected chi connectivity index (χ4v) is 2.71. The highest BCUT2D eigenvalue weighted by atomic mass is 79.9. The summed E-state index contributed by atoms with van der Waals surface area (Å²) in [5, 5.41) is 21.8. The summed E-state index contributed by atoms with van der Waals surface area (Å²) >= 11 is 3.23. The number of aliphatic carboxylic acids is 1. The minimum atomic E-state index is -0.877. The lowest BCUT2D eigenvalue weighted by Crippen LogP contribution is -2.17. The van der Waals surface area contributed by atoms with Crippen LogP contribution >= 0.6 is 15.9 Å². The van der Waals surface area contributed by atoms with E-state index < -0.39 is 23.5 Å². The minimum Gasteiger partial charge on any atom is -0.505 e. The zero-order valence-electron chi connectivity index (χ0n) is 9.70. The second kappa shape index (κ2) is 4.85. The van der Waals surface area contributed by atoms with Gasteiger partial charge in [0.1, 0.15) is 0 Å². The average molecular weight is 318 g/mol. The van der Waals surface area contributed by atoms with Crippen LogP contribution in [0, 0.1) is 18.7 Å². The van der Waals surface area contributed by atoms with Gasteiger partial charge in [0.15, 0.2) is 11.6 Å². The molecule has 1 heterocycles. The first-order chi connectivity index (χ1) is 8.41. The van der Waals surface area contributed by atoms with Gasteiger partial charge in [-0.05, 0) is 25.0 Å². The number of phenolic OH excluding ortho intramolecular Hbond substituents is 1. The lowest BCUT2D eigenvalue weighted by Gasteiger charge is -2.17. The molecule has 0 aliphatic carbocycles. The third kappa shape index (κ3) is 2.22. The predicted molar refractivity (Wildman–Crippen MR) is 67.0 cm³/mol. The van der Waals surface area contributed by atoms with E-state index in [0.717, 1.165) is 5.56 Å². The maximum atomic E-state index is 13.5. The molecule has 18 heavy (non-hydrogen) atoms. The van der Waals surface area contributed by atoms with Crippen molar-refractivity contribution in [1.82, 2.24) is 5.32 Å². The first kappa shape index (κ1) is 13.3. The van der Waals surface area contributed by atoms with Gasteiger partial charge < -0.3 is 15.5 Å². The topological polar surface area (TPSA) is 69.6 Å². The van der Waals surface area contributed by atoms with Gasteiger partial charge in [0.2, 0.25) is 0 Å². The molecule has 0 aromatic heterocycles. The van der Waals surface area contributed by atoms with Crippen LogP contribution in [0.2, 0.25) is 0 Å². The molecule has 1 fully saturated rings. The number of hydrogen-bond donors (Lipinski definition) is 3. The Morgan fingerprint density at radius 1 is 1.61 bits per heavy atom. The Labute approximate surface area is 112 Å². The van der Waals surface area contributed by atoms with E-state index in [4.69, 9.17) is 5.11 Å². The van der Waals surface area contributed by atoms with E-state index in [2.05, 4.69) is 21.2 Å². The smallest absolute Gasteiger partial charge is 0.307 e. The number of aromatic hydroxyl groups is 1. The highest BCUT2D eigenvalue weighted by Crippen LogP contribution is 2.39. The molecule has 1 aromatic rings. The molecule has 98 valence electrons. The zero-order chi connectivity index (χ0) is 13.4. The summed E-state index contributed by atoms with van der Waals surface area (Å²) < 4.78 is 14.1.